The van der Waals surface area contributed by atoms with Crippen LogP contribution in [0.5, 0.6) is 5.75 Å². The Morgan fingerprint density at radius 3 is 2.71 bits per heavy atom. The van der Waals surface area contributed by atoms with Gasteiger partial charge in [0.25, 0.3) is 5.89 Å². The minimum Gasteiger partial charge on any atom is -0.492 e. The first-order chi connectivity index (χ1) is 13.7. The molecule has 0 aliphatic rings. The smallest absolute Gasteiger partial charge is 0.261 e. The van der Waals surface area contributed by atoms with Gasteiger partial charge < -0.3 is 14.6 Å². The van der Waals surface area contributed by atoms with E-state index in [0.717, 1.165) is 33.8 Å². The Balaban J connectivity index is 1.90. The maximum Gasteiger partial charge on any atom is 0.261 e. The summed E-state index contributed by atoms with van der Waals surface area (Å²) in [7, 11) is 0. The molecule has 0 radical (unpaired) electrons. The van der Waals surface area contributed by atoms with Gasteiger partial charge in [0.15, 0.2) is 11.5 Å². The predicted octanol–water partition coefficient (Wildman–Crippen LogP) is 4.69. The van der Waals surface area contributed by atoms with E-state index in [4.69, 9.17) is 9.26 Å². The third-order valence-electron chi connectivity index (χ3n) is 4.33. The molecule has 0 saturated heterocycles. The zero-order chi connectivity index (χ0) is 19.5. The highest BCUT2D eigenvalue weighted by Gasteiger charge is 2.18. The molecule has 7 heteroatoms. The molecule has 0 aliphatic heterocycles. The van der Waals surface area contributed by atoms with Crippen LogP contribution < -0.4 is 10.1 Å². The first-order valence-corrected chi connectivity index (χ1v) is 9.27. The fourth-order valence-corrected chi connectivity index (χ4v) is 2.96. The Bertz CT molecular complexity index is 1120. The number of benzene rings is 1. The highest BCUT2D eigenvalue weighted by molar-refractivity contribution is 5.98. The third kappa shape index (κ3) is 3.38. The van der Waals surface area contributed by atoms with Gasteiger partial charge in [0.2, 0.25) is 0 Å². The van der Waals surface area contributed by atoms with Crippen LogP contribution in [0.2, 0.25) is 0 Å². The summed E-state index contributed by atoms with van der Waals surface area (Å²) in [5.74, 6) is 1.83. The van der Waals surface area contributed by atoms with Gasteiger partial charge >= 0.3 is 0 Å². The van der Waals surface area contributed by atoms with Crippen LogP contribution >= 0.6 is 0 Å². The van der Waals surface area contributed by atoms with E-state index in [1.165, 1.54) is 0 Å². The average Bonchev–Trinajstić information content (AvgIpc) is 3.18. The van der Waals surface area contributed by atoms with E-state index >= 15 is 0 Å². The number of hydrogen-bond donors (Lipinski definition) is 1. The van der Waals surface area contributed by atoms with Crippen molar-refractivity contribution in [3.05, 3.63) is 54.1 Å². The number of rotatable bonds is 6. The van der Waals surface area contributed by atoms with Crippen molar-refractivity contribution in [2.45, 2.75) is 27.2 Å². The lowest BCUT2D eigenvalue weighted by Gasteiger charge is -2.15. The molecule has 0 fully saturated rings. The summed E-state index contributed by atoms with van der Waals surface area (Å²) < 4.78 is 11.2. The van der Waals surface area contributed by atoms with Crippen molar-refractivity contribution in [1.82, 2.24) is 20.1 Å². The minimum atomic E-state index is 0.420. The van der Waals surface area contributed by atoms with Crippen molar-refractivity contribution >= 4 is 22.4 Å². The summed E-state index contributed by atoms with van der Waals surface area (Å²) >= 11 is 0. The van der Waals surface area contributed by atoms with Crippen molar-refractivity contribution in [1.29, 1.82) is 0 Å². The van der Waals surface area contributed by atoms with Gasteiger partial charge in [0.1, 0.15) is 5.75 Å². The van der Waals surface area contributed by atoms with Crippen LogP contribution in [0.3, 0.4) is 0 Å². The molecular weight excluding hydrogens is 354 g/mol. The van der Waals surface area contributed by atoms with E-state index in [-0.39, 0.29) is 0 Å². The van der Waals surface area contributed by atoms with Gasteiger partial charge in [0, 0.05) is 23.7 Å². The van der Waals surface area contributed by atoms with Crippen molar-refractivity contribution in [2.24, 2.45) is 0 Å². The SMILES string of the molecule is CCOc1ccccc1Nc1c(-c2nc(CC)no2)cnc2nc(C)ccc12. The number of pyridine rings is 2. The van der Waals surface area contributed by atoms with E-state index < -0.39 is 0 Å². The lowest BCUT2D eigenvalue weighted by molar-refractivity contribution is 0.342. The normalized spacial score (nSPS) is 11.0. The van der Waals surface area contributed by atoms with Crippen LogP contribution in [0.15, 0.2) is 47.1 Å². The summed E-state index contributed by atoms with van der Waals surface area (Å²) in [6.07, 6.45) is 2.41. The van der Waals surface area contributed by atoms with Crippen molar-refractivity contribution in [3.63, 3.8) is 0 Å². The number of aryl methyl sites for hydroxylation is 2. The number of nitrogens with one attached hydrogen (secondary N) is 1. The van der Waals surface area contributed by atoms with Crippen molar-refractivity contribution in [3.8, 4) is 17.2 Å². The fourth-order valence-electron chi connectivity index (χ4n) is 2.96. The standard InChI is InChI=1S/C21H21N5O2/c1-4-18-25-21(28-26-18)15-12-22-20-14(11-10-13(3)23-20)19(15)24-16-8-6-7-9-17(16)27-5-2/h6-12H,4-5H2,1-3H3,(H,22,23,24). The number of nitrogens with zero attached hydrogens (tertiary/aromatic N) is 4. The highest BCUT2D eigenvalue weighted by Crippen LogP contribution is 2.37. The van der Waals surface area contributed by atoms with Gasteiger partial charge in [-0.05, 0) is 38.1 Å². The predicted molar refractivity (Wildman–Crippen MR) is 108 cm³/mol. The van der Waals surface area contributed by atoms with Crippen LogP contribution in [0.25, 0.3) is 22.5 Å². The molecule has 3 heterocycles. The first kappa shape index (κ1) is 17.9. The van der Waals surface area contributed by atoms with Gasteiger partial charge in [-0.1, -0.05) is 24.2 Å². The maximum absolute atomic E-state index is 5.76. The average molecular weight is 375 g/mol. The Kier molecular flexibility index (Phi) is 4.89. The molecule has 142 valence electrons. The zero-order valence-electron chi connectivity index (χ0n) is 16.1. The molecule has 0 aliphatic carbocycles. The van der Waals surface area contributed by atoms with Gasteiger partial charge in [-0.25, -0.2) is 9.97 Å². The van der Waals surface area contributed by atoms with E-state index in [2.05, 4.69) is 25.4 Å². The summed E-state index contributed by atoms with van der Waals surface area (Å²) in [5.41, 5.74) is 3.91. The van der Waals surface area contributed by atoms with E-state index in [9.17, 15) is 0 Å². The Hall–Kier alpha value is -3.48. The zero-order valence-corrected chi connectivity index (χ0v) is 16.1. The van der Waals surface area contributed by atoms with E-state index in [0.29, 0.717) is 30.4 Å². The van der Waals surface area contributed by atoms with Gasteiger partial charge in [-0.15, -0.1) is 0 Å². The molecule has 0 amide bonds. The molecule has 0 spiro atoms. The molecule has 3 aromatic heterocycles. The van der Waals surface area contributed by atoms with E-state index in [1.54, 1.807) is 6.20 Å². The molecule has 4 rings (SSSR count). The molecule has 0 atom stereocenters. The summed E-state index contributed by atoms with van der Waals surface area (Å²) in [6.45, 7) is 6.46. The van der Waals surface area contributed by atoms with Crippen LogP contribution in [-0.2, 0) is 6.42 Å². The molecular formula is C21H21N5O2. The second-order valence-electron chi connectivity index (χ2n) is 6.29. The number of ether oxygens (including phenoxy) is 1. The molecule has 7 nitrogen and oxygen atoms in total. The molecule has 4 aromatic rings. The Morgan fingerprint density at radius 1 is 1.07 bits per heavy atom. The molecule has 0 bridgehead atoms. The quantitative estimate of drug-likeness (QED) is 0.523. The van der Waals surface area contributed by atoms with Gasteiger partial charge in [-0.3, -0.25) is 0 Å². The number of hydrogen-bond acceptors (Lipinski definition) is 7. The van der Waals surface area contributed by atoms with Crippen molar-refractivity contribution in [2.75, 3.05) is 11.9 Å². The number of aromatic nitrogens is 4. The number of anilines is 2. The lowest BCUT2D eigenvalue weighted by atomic mass is 10.1. The Labute approximate surface area is 162 Å². The summed E-state index contributed by atoms with van der Waals surface area (Å²) in [6, 6.07) is 11.7. The van der Waals surface area contributed by atoms with Gasteiger partial charge in [-0.2, -0.15) is 4.98 Å². The largest absolute Gasteiger partial charge is 0.492 e. The first-order valence-electron chi connectivity index (χ1n) is 9.27. The monoisotopic (exact) mass is 375 g/mol. The van der Waals surface area contributed by atoms with Crippen LogP contribution in [-0.4, -0.2) is 26.7 Å². The van der Waals surface area contributed by atoms with Crippen LogP contribution in [0.4, 0.5) is 11.4 Å². The van der Waals surface area contributed by atoms with Gasteiger partial charge in [0.05, 0.1) is 23.5 Å². The summed E-state index contributed by atoms with van der Waals surface area (Å²) in [5, 5.41) is 8.37. The van der Waals surface area contributed by atoms with Crippen molar-refractivity contribution < 1.29 is 9.26 Å². The topological polar surface area (TPSA) is 86.0 Å². The number of fused-ring (bicyclic) bond motifs is 1. The molecule has 28 heavy (non-hydrogen) atoms. The fraction of sp³-hybridized carbons (Fsp3) is 0.238. The Morgan fingerprint density at radius 2 is 1.93 bits per heavy atom. The lowest BCUT2D eigenvalue weighted by Crippen LogP contribution is -2.01. The second kappa shape index (κ2) is 7.64. The van der Waals surface area contributed by atoms with Crippen LogP contribution in [0, 0.1) is 6.92 Å². The highest BCUT2D eigenvalue weighted by atomic mass is 16.5. The number of para-hydroxylation sites is 2. The van der Waals surface area contributed by atoms with Crippen LogP contribution in [0.1, 0.15) is 25.4 Å². The molecule has 0 saturated carbocycles. The summed E-state index contributed by atoms with van der Waals surface area (Å²) in [4.78, 5) is 13.5. The van der Waals surface area contributed by atoms with E-state index in [1.807, 2.05) is 57.2 Å². The third-order valence-corrected chi connectivity index (χ3v) is 4.33. The second-order valence-corrected chi connectivity index (χ2v) is 6.29. The maximum atomic E-state index is 5.76. The molecule has 1 aromatic carbocycles. The molecule has 1 N–H and O–H groups in total. The minimum absolute atomic E-state index is 0.420. The molecule has 0 unspecified atom stereocenters.